The smallest absolute Gasteiger partial charge is 0.0621 e. The summed E-state index contributed by atoms with van der Waals surface area (Å²) in [6.07, 6.45) is 22.6. The largest absolute Gasteiger partial charge is 0.198 e. The summed E-state index contributed by atoms with van der Waals surface area (Å²) >= 11 is 0. The van der Waals surface area contributed by atoms with Crippen LogP contribution in [0.15, 0.2) is 30.3 Å². The topological polar surface area (TPSA) is 23.8 Å². The molecule has 0 saturated carbocycles. The summed E-state index contributed by atoms with van der Waals surface area (Å²) in [5.41, 5.74) is 1.49. The lowest BCUT2D eigenvalue weighted by molar-refractivity contribution is 0.531. The van der Waals surface area contributed by atoms with Gasteiger partial charge in [0.2, 0.25) is 0 Å². The second-order valence-corrected chi connectivity index (χ2v) is 7.45. The second-order valence-electron chi connectivity index (χ2n) is 7.45. The number of benzene rings is 1. The summed E-state index contributed by atoms with van der Waals surface area (Å²) in [5.74, 6) is 0. The first-order valence-corrected chi connectivity index (χ1v) is 10.8. The molecule has 0 heterocycles. The molecule has 1 aromatic carbocycles. The normalized spacial score (nSPS) is 10.7. The van der Waals surface area contributed by atoms with Gasteiger partial charge in [-0.3, -0.25) is 0 Å². The fourth-order valence-electron chi connectivity index (χ4n) is 3.48. The summed E-state index contributed by atoms with van der Waals surface area (Å²) in [5, 5.41) is 8.47. The van der Waals surface area contributed by atoms with Crippen molar-refractivity contribution in [2.45, 2.75) is 109 Å². The van der Waals surface area contributed by atoms with E-state index in [4.69, 9.17) is 5.26 Å². The van der Waals surface area contributed by atoms with Crippen LogP contribution in [-0.2, 0) is 6.42 Å². The van der Waals surface area contributed by atoms with E-state index in [-0.39, 0.29) is 0 Å². The van der Waals surface area contributed by atoms with Gasteiger partial charge in [-0.25, -0.2) is 0 Å². The molecule has 0 radical (unpaired) electrons. The van der Waals surface area contributed by atoms with Crippen LogP contribution in [0.5, 0.6) is 0 Å². The molecule has 1 heteroatoms. The first-order chi connectivity index (χ1) is 12.4. The highest BCUT2D eigenvalue weighted by Gasteiger charge is 1.95. The van der Waals surface area contributed by atoms with Crippen molar-refractivity contribution in [2.24, 2.45) is 0 Å². The number of aryl methyl sites for hydroxylation is 1. The molecule has 140 valence electrons. The van der Waals surface area contributed by atoms with E-state index in [1.807, 2.05) is 0 Å². The number of nitrogens with zero attached hydrogens (tertiary/aromatic N) is 1. The van der Waals surface area contributed by atoms with E-state index in [0.717, 1.165) is 12.8 Å². The molecule has 0 bridgehead atoms. The highest BCUT2D eigenvalue weighted by Crippen LogP contribution is 2.14. The Morgan fingerprint density at radius 2 is 0.920 bits per heavy atom. The van der Waals surface area contributed by atoms with Crippen molar-refractivity contribution in [3.8, 4) is 6.07 Å². The average Bonchev–Trinajstić information content (AvgIpc) is 2.65. The van der Waals surface area contributed by atoms with Gasteiger partial charge >= 0.3 is 0 Å². The van der Waals surface area contributed by atoms with Gasteiger partial charge in [-0.2, -0.15) is 5.26 Å². The van der Waals surface area contributed by atoms with E-state index in [1.54, 1.807) is 0 Å². The molecule has 0 aliphatic heterocycles. The van der Waals surface area contributed by atoms with Crippen molar-refractivity contribution in [3.63, 3.8) is 0 Å². The average molecular weight is 342 g/mol. The number of nitriles is 1. The maximum atomic E-state index is 8.47. The molecule has 0 aliphatic rings. The molecule has 0 amide bonds. The zero-order valence-corrected chi connectivity index (χ0v) is 16.4. The summed E-state index contributed by atoms with van der Waals surface area (Å²) in [6.45, 7) is 0. The number of rotatable bonds is 17. The van der Waals surface area contributed by atoms with Crippen molar-refractivity contribution >= 4 is 0 Å². The fraction of sp³-hybridized carbons (Fsp3) is 0.708. The summed E-state index contributed by atoms with van der Waals surface area (Å²) in [7, 11) is 0. The zero-order valence-electron chi connectivity index (χ0n) is 16.4. The van der Waals surface area contributed by atoms with Gasteiger partial charge in [0.15, 0.2) is 0 Å². The van der Waals surface area contributed by atoms with Crippen LogP contribution in [0.4, 0.5) is 0 Å². The van der Waals surface area contributed by atoms with Gasteiger partial charge in [0.25, 0.3) is 0 Å². The fourth-order valence-corrected chi connectivity index (χ4v) is 3.48. The maximum Gasteiger partial charge on any atom is 0.0621 e. The minimum atomic E-state index is 0.743. The Morgan fingerprint density at radius 3 is 1.36 bits per heavy atom. The standard InChI is InChI=1S/C24H39N/c25-23-19-14-12-10-8-6-4-2-1-3-5-7-9-11-13-16-20-24-21-17-15-18-22-24/h15,17-18,21-22H,1-14,16,19-20H2. The molecule has 0 fully saturated rings. The third-order valence-electron chi connectivity index (χ3n) is 5.10. The van der Waals surface area contributed by atoms with Gasteiger partial charge in [-0.1, -0.05) is 114 Å². The molecule has 0 saturated heterocycles. The van der Waals surface area contributed by atoms with Crippen LogP contribution in [-0.4, -0.2) is 0 Å². The molecule has 1 rings (SSSR count). The lowest BCUT2D eigenvalue weighted by Gasteiger charge is -2.04. The number of hydrogen-bond donors (Lipinski definition) is 0. The Kier molecular flexibility index (Phi) is 15.3. The van der Waals surface area contributed by atoms with Crippen molar-refractivity contribution in [1.82, 2.24) is 0 Å². The van der Waals surface area contributed by atoms with Crippen LogP contribution in [0.25, 0.3) is 0 Å². The zero-order chi connectivity index (χ0) is 17.8. The molecular formula is C24H39N. The lowest BCUT2D eigenvalue weighted by atomic mass is 10.0. The van der Waals surface area contributed by atoms with E-state index < -0.39 is 0 Å². The maximum absolute atomic E-state index is 8.47. The summed E-state index contributed by atoms with van der Waals surface area (Å²) in [4.78, 5) is 0. The predicted molar refractivity (Wildman–Crippen MR) is 110 cm³/mol. The van der Waals surface area contributed by atoms with Crippen molar-refractivity contribution in [2.75, 3.05) is 0 Å². The molecule has 0 aliphatic carbocycles. The minimum absolute atomic E-state index is 0.743. The van der Waals surface area contributed by atoms with Crippen LogP contribution in [0.2, 0.25) is 0 Å². The highest BCUT2D eigenvalue weighted by atomic mass is 14.2. The van der Waals surface area contributed by atoms with Crippen molar-refractivity contribution in [3.05, 3.63) is 35.9 Å². The van der Waals surface area contributed by atoms with Gasteiger partial charge in [0.1, 0.15) is 0 Å². The Balaban J connectivity index is 1.70. The Labute approximate surface area is 156 Å². The van der Waals surface area contributed by atoms with Crippen LogP contribution in [0.1, 0.15) is 108 Å². The predicted octanol–water partition coefficient (Wildman–Crippen LogP) is 7.99. The first-order valence-electron chi connectivity index (χ1n) is 10.8. The highest BCUT2D eigenvalue weighted by molar-refractivity contribution is 5.14. The molecule has 0 spiro atoms. The molecule has 0 atom stereocenters. The van der Waals surface area contributed by atoms with Crippen LogP contribution >= 0.6 is 0 Å². The quantitative estimate of drug-likeness (QED) is 0.263. The van der Waals surface area contributed by atoms with E-state index in [1.165, 1.54) is 102 Å². The number of unbranched alkanes of at least 4 members (excludes halogenated alkanes) is 15. The molecule has 1 aromatic rings. The molecule has 0 N–H and O–H groups in total. The third-order valence-corrected chi connectivity index (χ3v) is 5.10. The van der Waals surface area contributed by atoms with Gasteiger partial charge in [0, 0.05) is 6.42 Å². The Bertz CT molecular complexity index is 417. The Morgan fingerprint density at radius 1 is 0.520 bits per heavy atom. The van der Waals surface area contributed by atoms with Gasteiger partial charge in [-0.05, 0) is 24.8 Å². The van der Waals surface area contributed by atoms with Crippen molar-refractivity contribution in [1.29, 1.82) is 5.26 Å². The van der Waals surface area contributed by atoms with Crippen LogP contribution in [0, 0.1) is 11.3 Å². The Hall–Kier alpha value is -1.29. The molecule has 0 unspecified atom stereocenters. The molecular weight excluding hydrogens is 302 g/mol. The SMILES string of the molecule is N#CCCCCCCCCCCCCCCCCCc1ccccc1. The monoisotopic (exact) mass is 341 g/mol. The minimum Gasteiger partial charge on any atom is -0.198 e. The van der Waals surface area contributed by atoms with Gasteiger partial charge in [-0.15, -0.1) is 0 Å². The van der Waals surface area contributed by atoms with Crippen LogP contribution in [0.3, 0.4) is 0 Å². The van der Waals surface area contributed by atoms with Crippen LogP contribution < -0.4 is 0 Å². The third kappa shape index (κ3) is 14.7. The summed E-state index contributed by atoms with van der Waals surface area (Å²) in [6, 6.07) is 13.1. The molecule has 0 aromatic heterocycles. The van der Waals surface area contributed by atoms with Gasteiger partial charge in [0.05, 0.1) is 6.07 Å². The molecule has 1 nitrogen and oxygen atoms in total. The van der Waals surface area contributed by atoms with E-state index in [0.29, 0.717) is 0 Å². The van der Waals surface area contributed by atoms with E-state index in [9.17, 15) is 0 Å². The number of hydrogen-bond acceptors (Lipinski definition) is 1. The summed E-state index contributed by atoms with van der Waals surface area (Å²) < 4.78 is 0. The lowest BCUT2D eigenvalue weighted by Crippen LogP contribution is -1.86. The van der Waals surface area contributed by atoms with Crippen molar-refractivity contribution < 1.29 is 0 Å². The second kappa shape index (κ2) is 17.5. The first kappa shape index (κ1) is 21.8. The van der Waals surface area contributed by atoms with Gasteiger partial charge < -0.3 is 0 Å². The molecule has 25 heavy (non-hydrogen) atoms. The van der Waals surface area contributed by atoms with E-state index >= 15 is 0 Å². The van der Waals surface area contributed by atoms with E-state index in [2.05, 4.69) is 36.4 Å².